The van der Waals surface area contributed by atoms with Crippen LogP contribution in [0.4, 0.5) is 0 Å². The van der Waals surface area contributed by atoms with E-state index < -0.39 is 0 Å². The van der Waals surface area contributed by atoms with Gasteiger partial charge in [-0.2, -0.15) is 0 Å². The zero-order valence-electron chi connectivity index (χ0n) is 13.1. The molecule has 2 atom stereocenters. The molecule has 124 valence electrons. The van der Waals surface area contributed by atoms with E-state index in [1.54, 1.807) is 0 Å². The Kier molecular flexibility index (Phi) is 5.00. The zero-order valence-corrected chi connectivity index (χ0v) is 13.9. The van der Waals surface area contributed by atoms with Crippen LogP contribution >= 0.6 is 12.2 Å². The number of rotatable bonds is 1. The number of fused-ring (bicyclic) bond motifs is 2. The van der Waals surface area contributed by atoms with Crippen molar-refractivity contribution >= 4 is 23.7 Å². The fraction of sp³-hybridized carbons (Fsp3) is 0.875. The Hall–Kier alpha value is -0.720. The average molecular weight is 325 g/mol. The van der Waals surface area contributed by atoms with Crippen molar-refractivity contribution in [2.45, 2.75) is 63.1 Å². The molecule has 0 aromatic carbocycles. The molecule has 1 spiro atoms. The minimum atomic E-state index is 0.272. The minimum Gasteiger partial charge on any atom is -0.504 e. The molecule has 3 N–H and O–H groups in total. The third-order valence-corrected chi connectivity index (χ3v) is 6.02. The lowest BCUT2D eigenvalue weighted by atomic mass is 9.77. The number of carbonyl (C=O) groups excluding carboxylic acids is 1. The predicted molar refractivity (Wildman–Crippen MR) is 90.1 cm³/mol. The van der Waals surface area contributed by atoms with E-state index in [-0.39, 0.29) is 5.91 Å². The maximum atomic E-state index is 11.5. The van der Waals surface area contributed by atoms with Crippen molar-refractivity contribution < 1.29 is 9.90 Å². The van der Waals surface area contributed by atoms with Crippen molar-refractivity contribution in [3.63, 3.8) is 0 Å². The number of hydrogen-bond donors (Lipinski definition) is 3. The van der Waals surface area contributed by atoms with Gasteiger partial charge in [-0.15, -0.1) is 0 Å². The van der Waals surface area contributed by atoms with E-state index >= 15 is 0 Å². The van der Waals surface area contributed by atoms with E-state index in [0.29, 0.717) is 11.0 Å². The highest BCUT2D eigenvalue weighted by atomic mass is 32.1. The molecule has 0 aromatic rings. The number of hydrogen-bond acceptors (Lipinski definition) is 4. The molecule has 0 radical (unpaired) electrons. The number of amides is 1. The van der Waals surface area contributed by atoms with Crippen molar-refractivity contribution in [2.24, 2.45) is 5.41 Å². The number of nitrogens with one attached hydrogen (secondary N) is 2. The minimum absolute atomic E-state index is 0.272. The molecule has 1 amide bonds. The number of aliphatic hydroxyl groups is 1. The number of carbonyl (C=O) groups is 1. The van der Waals surface area contributed by atoms with Crippen LogP contribution in [0.5, 0.6) is 0 Å². The van der Waals surface area contributed by atoms with E-state index in [2.05, 4.69) is 27.8 Å². The van der Waals surface area contributed by atoms with Crippen LogP contribution in [0.3, 0.4) is 0 Å². The molecule has 5 nitrogen and oxygen atoms in total. The smallest absolute Gasteiger partial charge is 0.220 e. The van der Waals surface area contributed by atoms with Crippen LogP contribution in [0.2, 0.25) is 0 Å². The number of thiocarbonyl (C=S) groups is 1. The van der Waals surface area contributed by atoms with Crippen molar-refractivity contribution in [1.29, 1.82) is 0 Å². The standard InChI is InChI=1S/C15H25N3O.CH2OS/c19-14-9-15(10-16-14)3-5-18(6-4-15)13-7-11-1-2-12(8-13)17-11;2-1-3/h11-13,17H,1-10H2,(H,16,19);1H,(H,2,3). The van der Waals surface area contributed by atoms with Gasteiger partial charge < -0.3 is 20.6 Å². The predicted octanol–water partition coefficient (Wildman–Crippen LogP) is 1.37. The highest BCUT2D eigenvalue weighted by Gasteiger charge is 2.43. The number of nitrogens with zero attached hydrogens (tertiary/aromatic N) is 1. The van der Waals surface area contributed by atoms with Gasteiger partial charge in [-0.25, -0.2) is 0 Å². The van der Waals surface area contributed by atoms with Gasteiger partial charge in [0, 0.05) is 31.1 Å². The molecule has 4 rings (SSSR count). The lowest BCUT2D eigenvalue weighted by Gasteiger charge is -2.44. The zero-order chi connectivity index (χ0) is 15.6. The first kappa shape index (κ1) is 16.1. The second-order valence-corrected chi connectivity index (χ2v) is 7.57. The number of aliphatic hydroxyl groups excluding tert-OH is 1. The van der Waals surface area contributed by atoms with E-state index in [1.165, 1.54) is 51.6 Å². The first-order valence-electron chi connectivity index (χ1n) is 8.49. The van der Waals surface area contributed by atoms with Crippen molar-refractivity contribution in [3.8, 4) is 0 Å². The van der Waals surface area contributed by atoms with Gasteiger partial charge in [0.25, 0.3) is 0 Å². The fourth-order valence-electron chi connectivity index (χ4n) is 4.79. The first-order valence-corrected chi connectivity index (χ1v) is 8.96. The summed E-state index contributed by atoms with van der Waals surface area (Å²) < 4.78 is 0. The molecule has 2 bridgehead atoms. The van der Waals surface area contributed by atoms with Crippen LogP contribution in [-0.4, -0.2) is 59.2 Å². The summed E-state index contributed by atoms with van der Waals surface area (Å²) >= 11 is 3.82. The highest BCUT2D eigenvalue weighted by molar-refractivity contribution is 7.78. The lowest BCUT2D eigenvalue weighted by Crippen LogP contribution is -2.52. The van der Waals surface area contributed by atoms with Crippen molar-refractivity contribution in [1.82, 2.24) is 15.5 Å². The summed E-state index contributed by atoms with van der Waals surface area (Å²) in [6, 6.07) is 2.38. The van der Waals surface area contributed by atoms with E-state index in [1.807, 2.05) is 0 Å². The normalized spacial score (nSPS) is 36.5. The van der Waals surface area contributed by atoms with Crippen LogP contribution < -0.4 is 10.6 Å². The Labute approximate surface area is 137 Å². The first-order chi connectivity index (χ1) is 10.6. The Morgan fingerprint density at radius 2 is 1.82 bits per heavy atom. The van der Waals surface area contributed by atoms with Gasteiger partial charge in [-0.3, -0.25) is 4.79 Å². The molecule has 0 aromatic heterocycles. The summed E-state index contributed by atoms with van der Waals surface area (Å²) in [7, 11) is 0. The summed E-state index contributed by atoms with van der Waals surface area (Å²) in [6.45, 7) is 3.34. The summed E-state index contributed by atoms with van der Waals surface area (Å²) in [5.74, 6) is 0.272. The Morgan fingerprint density at radius 3 is 2.32 bits per heavy atom. The third-order valence-electron chi connectivity index (χ3n) is 6.02. The average Bonchev–Trinajstić information content (AvgIpc) is 3.03. The maximum absolute atomic E-state index is 11.5. The van der Waals surface area contributed by atoms with Crippen LogP contribution in [-0.2, 0) is 4.79 Å². The topological polar surface area (TPSA) is 64.6 Å². The SMILES string of the molecule is O=C1CC2(CCN(C3CC4CCC(C3)N4)CC2)CN1.OC=S. The molecule has 4 saturated heterocycles. The molecule has 0 aliphatic carbocycles. The molecule has 4 heterocycles. The Bertz CT molecular complexity index is 412. The molecule has 4 fully saturated rings. The van der Waals surface area contributed by atoms with E-state index in [9.17, 15) is 4.79 Å². The van der Waals surface area contributed by atoms with Gasteiger partial charge in [0.1, 0.15) is 5.55 Å². The van der Waals surface area contributed by atoms with Gasteiger partial charge in [0.15, 0.2) is 0 Å². The van der Waals surface area contributed by atoms with Gasteiger partial charge in [0.2, 0.25) is 5.91 Å². The van der Waals surface area contributed by atoms with Crippen molar-refractivity contribution in [2.75, 3.05) is 19.6 Å². The maximum Gasteiger partial charge on any atom is 0.220 e. The summed E-state index contributed by atoms with van der Waals surface area (Å²) in [5, 5.41) is 14.0. The molecular weight excluding hydrogens is 298 g/mol. The van der Waals surface area contributed by atoms with Gasteiger partial charge in [0.05, 0.1) is 0 Å². The molecule has 6 heteroatoms. The fourth-order valence-corrected chi connectivity index (χ4v) is 4.79. The molecular formula is C16H27N3O2S. The Balaban J connectivity index is 0.000000446. The van der Waals surface area contributed by atoms with Gasteiger partial charge in [-0.1, -0.05) is 0 Å². The van der Waals surface area contributed by atoms with Crippen LogP contribution in [0.15, 0.2) is 0 Å². The summed E-state index contributed by atoms with van der Waals surface area (Å²) in [6.07, 6.45) is 8.67. The molecule has 2 unspecified atom stereocenters. The van der Waals surface area contributed by atoms with Crippen LogP contribution in [0.1, 0.15) is 44.9 Å². The van der Waals surface area contributed by atoms with Gasteiger partial charge in [-0.05, 0) is 69.2 Å². The Morgan fingerprint density at radius 1 is 1.23 bits per heavy atom. The molecule has 22 heavy (non-hydrogen) atoms. The summed E-state index contributed by atoms with van der Waals surface area (Å²) in [4.78, 5) is 14.2. The van der Waals surface area contributed by atoms with E-state index in [0.717, 1.165) is 31.1 Å². The van der Waals surface area contributed by atoms with Crippen LogP contribution in [0.25, 0.3) is 0 Å². The quantitative estimate of drug-likeness (QED) is 0.636. The largest absolute Gasteiger partial charge is 0.504 e. The van der Waals surface area contributed by atoms with Crippen LogP contribution in [0, 0.1) is 5.41 Å². The number of likely N-dealkylation sites (tertiary alicyclic amines) is 1. The molecule has 4 aliphatic heterocycles. The second kappa shape index (κ2) is 6.81. The highest BCUT2D eigenvalue weighted by Crippen LogP contribution is 2.39. The third kappa shape index (κ3) is 3.44. The monoisotopic (exact) mass is 325 g/mol. The molecule has 4 aliphatic rings. The summed E-state index contributed by atoms with van der Waals surface area (Å²) in [5.41, 5.74) is 0.888. The van der Waals surface area contributed by atoms with Gasteiger partial charge >= 0.3 is 0 Å². The molecule has 0 saturated carbocycles. The number of piperidine rings is 2. The van der Waals surface area contributed by atoms with Crippen molar-refractivity contribution in [3.05, 3.63) is 0 Å². The van der Waals surface area contributed by atoms with E-state index in [4.69, 9.17) is 5.11 Å². The second-order valence-electron chi connectivity index (χ2n) is 7.36. The lowest BCUT2D eigenvalue weighted by molar-refractivity contribution is -0.119.